The van der Waals surface area contributed by atoms with Crippen molar-refractivity contribution in [1.29, 1.82) is 5.26 Å². The van der Waals surface area contributed by atoms with Gasteiger partial charge in [-0.15, -0.1) is 0 Å². The number of fused-ring (bicyclic) bond motifs is 3. The molecule has 3 aliphatic rings. The van der Waals surface area contributed by atoms with Crippen molar-refractivity contribution < 1.29 is 4.79 Å². The molecular weight excluding hydrogens is 470 g/mol. The smallest absolute Gasteiger partial charge is 0.255 e. The van der Waals surface area contributed by atoms with Crippen LogP contribution < -0.4 is 0 Å². The molecule has 2 aromatic carbocycles. The van der Waals surface area contributed by atoms with Crippen molar-refractivity contribution in [3.63, 3.8) is 0 Å². The lowest BCUT2D eigenvalue weighted by Crippen LogP contribution is -2.50. The SMILES string of the molecule is Cc1nc([C@H]2C[C@@H]2c2ccc(C(=O)N(C)C3C[C@H]4CC[C@@H](C3)N4CC#N)c(Cl)c2)c2ccccc2n1. The molecule has 3 aromatic rings. The average molecular weight is 500 g/mol. The highest BCUT2D eigenvalue weighted by Gasteiger charge is 2.44. The van der Waals surface area contributed by atoms with E-state index in [1.807, 2.05) is 49.2 Å². The van der Waals surface area contributed by atoms with Gasteiger partial charge in [-0.3, -0.25) is 9.69 Å². The van der Waals surface area contributed by atoms with Crippen LogP contribution in [0.2, 0.25) is 5.02 Å². The quantitative estimate of drug-likeness (QED) is 0.436. The summed E-state index contributed by atoms with van der Waals surface area (Å²) in [4.78, 5) is 27.0. The molecule has 2 bridgehead atoms. The second-order valence-corrected chi connectivity index (χ2v) is 11.0. The number of carbonyl (C=O) groups is 1. The fourth-order valence-corrected chi connectivity index (χ4v) is 6.83. The zero-order chi connectivity index (χ0) is 25.0. The molecule has 7 heteroatoms. The van der Waals surface area contributed by atoms with Crippen molar-refractivity contribution in [1.82, 2.24) is 19.8 Å². The summed E-state index contributed by atoms with van der Waals surface area (Å²) in [6, 6.07) is 17.4. The summed E-state index contributed by atoms with van der Waals surface area (Å²) in [5.41, 5.74) is 3.82. The summed E-state index contributed by atoms with van der Waals surface area (Å²) >= 11 is 6.71. The largest absolute Gasteiger partial charge is 0.339 e. The Morgan fingerprint density at radius 1 is 1.11 bits per heavy atom. The first kappa shape index (κ1) is 23.4. The minimum absolute atomic E-state index is 0.0190. The lowest BCUT2D eigenvalue weighted by molar-refractivity contribution is 0.0535. The van der Waals surface area contributed by atoms with E-state index < -0.39 is 0 Å². The lowest BCUT2D eigenvalue weighted by atomic mass is 9.95. The third-order valence-corrected chi connectivity index (χ3v) is 8.83. The molecule has 0 radical (unpaired) electrons. The van der Waals surface area contributed by atoms with Crippen molar-refractivity contribution >= 4 is 28.4 Å². The predicted molar refractivity (Wildman–Crippen MR) is 140 cm³/mol. The number of carbonyl (C=O) groups excluding carboxylic acids is 1. The Morgan fingerprint density at radius 2 is 1.86 bits per heavy atom. The van der Waals surface area contributed by atoms with Gasteiger partial charge in [0.2, 0.25) is 0 Å². The van der Waals surface area contributed by atoms with Crippen LogP contribution in [0.1, 0.15) is 71.4 Å². The van der Waals surface area contributed by atoms with Gasteiger partial charge < -0.3 is 4.90 Å². The molecule has 1 unspecified atom stereocenters. The first-order valence-corrected chi connectivity index (χ1v) is 13.2. The van der Waals surface area contributed by atoms with Crippen molar-refractivity contribution in [2.24, 2.45) is 0 Å². The van der Waals surface area contributed by atoms with E-state index in [9.17, 15) is 4.79 Å². The van der Waals surface area contributed by atoms with Crippen molar-refractivity contribution in [2.75, 3.05) is 13.6 Å². The second-order valence-electron chi connectivity index (χ2n) is 10.6. The van der Waals surface area contributed by atoms with Crippen LogP contribution in [0.3, 0.4) is 0 Å². The molecule has 3 fully saturated rings. The van der Waals surface area contributed by atoms with Gasteiger partial charge in [-0.2, -0.15) is 5.26 Å². The Kier molecular flexibility index (Phi) is 5.94. The number of rotatable bonds is 5. The number of amides is 1. The van der Waals surface area contributed by atoms with Gasteiger partial charge in [-0.1, -0.05) is 35.9 Å². The number of aryl methyl sites for hydroxylation is 1. The van der Waals surface area contributed by atoms with E-state index in [4.69, 9.17) is 21.8 Å². The third kappa shape index (κ3) is 4.05. The molecule has 0 N–H and O–H groups in total. The van der Waals surface area contributed by atoms with Gasteiger partial charge >= 0.3 is 0 Å². The molecule has 2 saturated heterocycles. The van der Waals surface area contributed by atoms with E-state index in [0.29, 0.717) is 41.1 Å². The maximum atomic E-state index is 13.4. The lowest BCUT2D eigenvalue weighted by Gasteiger charge is -2.41. The Morgan fingerprint density at radius 3 is 2.58 bits per heavy atom. The summed E-state index contributed by atoms with van der Waals surface area (Å²) < 4.78 is 0. The number of benzene rings is 2. The maximum absolute atomic E-state index is 13.4. The topological polar surface area (TPSA) is 73.1 Å². The average Bonchev–Trinajstić information content (AvgIpc) is 3.64. The van der Waals surface area contributed by atoms with Crippen molar-refractivity contribution in [3.05, 3.63) is 70.1 Å². The van der Waals surface area contributed by atoms with E-state index in [1.165, 1.54) is 0 Å². The molecule has 1 aromatic heterocycles. The molecule has 6 nitrogen and oxygen atoms in total. The van der Waals surface area contributed by atoms with Gasteiger partial charge in [0.1, 0.15) is 5.82 Å². The zero-order valence-electron chi connectivity index (χ0n) is 20.7. The van der Waals surface area contributed by atoms with E-state index >= 15 is 0 Å². The highest BCUT2D eigenvalue weighted by molar-refractivity contribution is 6.33. The number of hydrogen-bond donors (Lipinski definition) is 0. The molecule has 5 atom stereocenters. The van der Waals surface area contributed by atoms with E-state index in [1.54, 1.807) is 0 Å². The molecule has 2 aliphatic heterocycles. The van der Waals surface area contributed by atoms with Gasteiger partial charge in [0, 0.05) is 36.5 Å². The van der Waals surface area contributed by atoms with Crippen molar-refractivity contribution in [2.45, 2.75) is 69.0 Å². The fourth-order valence-electron chi connectivity index (χ4n) is 6.56. The molecule has 6 rings (SSSR count). The van der Waals surface area contributed by atoms with Crippen LogP contribution >= 0.6 is 11.6 Å². The Bertz CT molecular complexity index is 1370. The first-order chi connectivity index (χ1) is 17.4. The van der Waals surface area contributed by atoms with Crippen LogP contribution in [0, 0.1) is 18.3 Å². The van der Waals surface area contributed by atoms with Gasteiger partial charge in [0.05, 0.1) is 34.4 Å². The van der Waals surface area contributed by atoms with Crippen LogP contribution in [0.15, 0.2) is 42.5 Å². The number of nitriles is 1. The van der Waals surface area contributed by atoms with Crippen molar-refractivity contribution in [3.8, 4) is 6.07 Å². The van der Waals surface area contributed by atoms with Gasteiger partial charge in [-0.05, 0) is 68.7 Å². The summed E-state index contributed by atoms with van der Waals surface area (Å²) in [6.07, 6.45) is 5.10. The number of halogens is 1. The van der Waals surface area contributed by atoms with E-state index in [2.05, 4.69) is 28.1 Å². The molecule has 1 aliphatic carbocycles. The van der Waals surface area contributed by atoms with Gasteiger partial charge in [-0.25, -0.2) is 9.97 Å². The van der Waals surface area contributed by atoms with E-state index in [-0.39, 0.29) is 11.9 Å². The van der Waals surface area contributed by atoms with Crippen LogP contribution in [-0.2, 0) is 0 Å². The minimum Gasteiger partial charge on any atom is -0.339 e. The Hall–Kier alpha value is -3.01. The van der Waals surface area contributed by atoms with Crippen LogP contribution in [0.4, 0.5) is 0 Å². The normalized spacial score (nSPS) is 27.1. The van der Waals surface area contributed by atoms with Crippen LogP contribution in [0.25, 0.3) is 10.9 Å². The number of hydrogen-bond acceptors (Lipinski definition) is 5. The summed E-state index contributed by atoms with van der Waals surface area (Å²) in [5.74, 6) is 1.46. The fraction of sp³-hybridized carbons (Fsp3) is 0.448. The van der Waals surface area contributed by atoms with Gasteiger partial charge in [0.15, 0.2) is 0 Å². The molecule has 1 amide bonds. The highest BCUT2D eigenvalue weighted by Crippen LogP contribution is 2.55. The highest BCUT2D eigenvalue weighted by atomic mass is 35.5. The minimum atomic E-state index is -0.0190. The Balaban J connectivity index is 1.18. The molecule has 36 heavy (non-hydrogen) atoms. The van der Waals surface area contributed by atoms with Gasteiger partial charge in [0.25, 0.3) is 5.91 Å². The zero-order valence-corrected chi connectivity index (χ0v) is 21.4. The summed E-state index contributed by atoms with van der Waals surface area (Å²) in [5, 5.41) is 10.8. The van der Waals surface area contributed by atoms with Crippen LogP contribution in [-0.4, -0.2) is 57.4 Å². The number of nitrogens with zero attached hydrogens (tertiary/aromatic N) is 5. The summed E-state index contributed by atoms with van der Waals surface area (Å²) in [7, 11) is 1.90. The molecule has 1 saturated carbocycles. The monoisotopic (exact) mass is 499 g/mol. The number of para-hydroxylation sites is 1. The summed E-state index contributed by atoms with van der Waals surface area (Å²) in [6.45, 7) is 2.43. The van der Waals surface area contributed by atoms with Crippen LogP contribution in [0.5, 0.6) is 0 Å². The van der Waals surface area contributed by atoms with E-state index in [0.717, 1.165) is 60.1 Å². The molecular formula is C29H30ClN5O. The molecule has 184 valence electrons. The second kappa shape index (κ2) is 9.14. The predicted octanol–water partition coefficient (Wildman–Crippen LogP) is 5.45. The third-order valence-electron chi connectivity index (χ3n) is 8.52. The first-order valence-electron chi connectivity index (χ1n) is 12.9. The standard InChI is InChI=1S/C29H30ClN5O/c1-17-32-27-6-4-3-5-23(27)28(33-17)25-16-24(25)18-7-10-22(26(30)13-18)29(36)34(2)21-14-19-8-9-20(15-21)35(19)12-11-31/h3-7,10,13,19-21,24-25H,8-9,12,14-16H2,1-2H3/t19-,20+,21?,24-,25+/m1/s1. The number of piperidine rings is 1. The molecule has 0 spiro atoms. The maximum Gasteiger partial charge on any atom is 0.255 e. The number of aromatic nitrogens is 2. The Labute approximate surface area is 216 Å². The molecule has 3 heterocycles.